The average Bonchev–Trinajstić information content (AvgIpc) is 2.69. The molecule has 1 aliphatic rings. The van der Waals surface area contributed by atoms with Gasteiger partial charge in [0.2, 0.25) is 0 Å². The Morgan fingerprint density at radius 3 is 2.28 bits per heavy atom. The quantitative estimate of drug-likeness (QED) is 0.727. The predicted molar refractivity (Wildman–Crippen MR) is 96.0 cm³/mol. The van der Waals surface area contributed by atoms with Gasteiger partial charge in [-0.3, -0.25) is 0 Å². The summed E-state index contributed by atoms with van der Waals surface area (Å²) >= 11 is 0. The van der Waals surface area contributed by atoms with E-state index < -0.39 is 12.7 Å². The Hall–Kier alpha value is -1.72. The van der Waals surface area contributed by atoms with Crippen molar-refractivity contribution < 1.29 is 20.3 Å². The lowest BCUT2D eigenvalue weighted by molar-refractivity contribution is -0.234. The van der Waals surface area contributed by atoms with Gasteiger partial charge < -0.3 is 18.9 Å². The topological polar surface area (TPSA) is 36.9 Å². The van der Waals surface area contributed by atoms with Crippen LogP contribution in [0.2, 0.25) is 0 Å². The first-order valence-electron chi connectivity index (χ1n) is 9.21. The van der Waals surface area contributed by atoms with Crippen molar-refractivity contribution in [1.29, 1.82) is 0 Å². The maximum Gasteiger partial charge on any atom is 0.157 e. The van der Waals surface area contributed by atoms with Gasteiger partial charge in [-0.15, -0.1) is 0 Å². The highest BCUT2D eigenvalue weighted by Gasteiger charge is 2.32. The van der Waals surface area contributed by atoms with Crippen LogP contribution in [0.3, 0.4) is 0 Å². The Bertz CT molecular complexity index is 637. The van der Waals surface area contributed by atoms with Crippen molar-refractivity contribution in [2.45, 2.75) is 44.5 Å². The lowest BCUT2D eigenvalue weighted by atomic mass is 10.0. The van der Waals surface area contributed by atoms with Gasteiger partial charge in [-0.05, 0) is 17.5 Å². The highest BCUT2D eigenvalue weighted by atomic mass is 16.7. The molecule has 0 aliphatic carbocycles. The van der Waals surface area contributed by atoms with E-state index in [1.165, 1.54) is 0 Å². The summed E-state index contributed by atoms with van der Waals surface area (Å²) in [6, 6.07) is 20.1. The molecule has 0 bridgehead atoms. The normalized spacial score (nSPS) is 27.0. The van der Waals surface area contributed by atoms with E-state index in [1.807, 2.05) is 60.7 Å². The fourth-order valence-corrected chi connectivity index (χ4v) is 2.83. The molecule has 4 atom stereocenters. The van der Waals surface area contributed by atoms with Crippen LogP contribution in [0.25, 0.3) is 0 Å². The van der Waals surface area contributed by atoms with E-state index >= 15 is 0 Å². The van der Waals surface area contributed by atoms with E-state index in [9.17, 15) is 0 Å². The fourth-order valence-electron chi connectivity index (χ4n) is 2.83. The second kappa shape index (κ2) is 9.68. The van der Waals surface area contributed by atoms with Crippen molar-refractivity contribution >= 4 is 0 Å². The maximum atomic E-state index is 8.17. The largest absolute Gasteiger partial charge is 0.374 e. The van der Waals surface area contributed by atoms with Crippen molar-refractivity contribution in [3.05, 3.63) is 71.8 Å². The zero-order valence-corrected chi connectivity index (χ0v) is 14.5. The van der Waals surface area contributed by atoms with Crippen LogP contribution in [-0.4, -0.2) is 32.2 Å². The van der Waals surface area contributed by atoms with Crippen LogP contribution in [0.15, 0.2) is 60.7 Å². The molecular weight excluding hydrogens is 316 g/mol. The third kappa shape index (κ3) is 5.65. The highest BCUT2D eigenvalue weighted by Crippen LogP contribution is 2.24. The summed E-state index contributed by atoms with van der Waals surface area (Å²) in [7, 11) is 1.57. The summed E-state index contributed by atoms with van der Waals surface area (Å²) in [5, 5.41) is 0. The average molecular weight is 343 g/mol. The van der Waals surface area contributed by atoms with Gasteiger partial charge in [0.25, 0.3) is 0 Å². The number of methoxy groups -OCH3 is 1. The molecule has 0 saturated carbocycles. The van der Waals surface area contributed by atoms with Crippen LogP contribution < -0.4 is 0 Å². The number of hydrogen-bond donors (Lipinski definition) is 0. The fraction of sp³-hybridized carbons (Fsp3) is 0.429. The minimum atomic E-state index is -0.545. The van der Waals surface area contributed by atoms with Gasteiger partial charge in [0, 0.05) is 14.9 Å². The molecule has 0 spiro atoms. The van der Waals surface area contributed by atoms with E-state index in [0.29, 0.717) is 26.2 Å². The van der Waals surface area contributed by atoms with Gasteiger partial charge in [0.15, 0.2) is 6.29 Å². The zero-order chi connectivity index (χ0) is 18.2. The molecule has 0 unspecified atom stereocenters. The van der Waals surface area contributed by atoms with E-state index in [4.69, 9.17) is 20.3 Å². The number of benzene rings is 2. The predicted octanol–water partition coefficient (Wildman–Crippen LogP) is 3.94. The molecule has 3 rings (SSSR count). The Balaban J connectivity index is 1.56. The van der Waals surface area contributed by atoms with Crippen LogP contribution in [-0.2, 0) is 32.2 Å². The Labute approximate surface area is 151 Å². The van der Waals surface area contributed by atoms with Crippen molar-refractivity contribution in [2.75, 3.05) is 13.7 Å². The molecule has 134 valence electrons. The van der Waals surface area contributed by atoms with Gasteiger partial charge in [0.05, 0.1) is 25.9 Å². The van der Waals surface area contributed by atoms with Gasteiger partial charge in [-0.2, -0.15) is 0 Å². The van der Waals surface area contributed by atoms with Crippen molar-refractivity contribution in [2.24, 2.45) is 0 Å². The summed E-state index contributed by atoms with van der Waals surface area (Å²) in [5.41, 5.74) is 2.22. The second-order valence-electron chi connectivity index (χ2n) is 6.09. The molecule has 2 aromatic rings. The number of ether oxygens (including phenoxy) is 4. The van der Waals surface area contributed by atoms with Crippen molar-refractivity contribution in [3.8, 4) is 0 Å². The molecule has 1 saturated heterocycles. The van der Waals surface area contributed by atoms with Gasteiger partial charge in [-0.25, -0.2) is 0 Å². The summed E-state index contributed by atoms with van der Waals surface area (Å²) in [4.78, 5) is 0. The maximum absolute atomic E-state index is 8.17. The Morgan fingerprint density at radius 2 is 1.64 bits per heavy atom. The summed E-state index contributed by atoms with van der Waals surface area (Å²) < 4.78 is 31.3. The molecule has 0 amide bonds. The van der Waals surface area contributed by atoms with Gasteiger partial charge >= 0.3 is 0 Å². The minimum absolute atomic E-state index is 0.195. The molecule has 1 heterocycles. The number of rotatable bonds is 8. The van der Waals surface area contributed by atoms with Gasteiger partial charge in [-0.1, -0.05) is 60.7 Å². The molecule has 0 aromatic heterocycles. The summed E-state index contributed by atoms with van der Waals surface area (Å²) in [6.45, 7) is 1.42. The first kappa shape index (κ1) is 16.7. The standard InChI is InChI=1S/C21H26O4/c1-22-21-13-12-19(24-15-18-10-6-3-7-11-18)20(25-21)16-23-14-17-8-4-2-5-9-17/h2-11,19-21H,12-16H2,1H3/t19-,20+,21+/m0/s1/i13D/t13-,19-,20+,21+. The molecule has 4 nitrogen and oxygen atoms in total. The minimum Gasteiger partial charge on any atom is -0.374 e. The third-order valence-electron chi connectivity index (χ3n) is 4.22. The molecule has 0 N–H and O–H groups in total. The van der Waals surface area contributed by atoms with Crippen LogP contribution in [0, 0.1) is 0 Å². The van der Waals surface area contributed by atoms with Crippen LogP contribution >= 0.6 is 0 Å². The van der Waals surface area contributed by atoms with E-state index in [2.05, 4.69) is 0 Å². The van der Waals surface area contributed by atoms with Crippen molar-refractivity contribution in [3.63, 3.8) is 0 Å². The van der Waals surface area contributed by atoms with Crippen molar-refractivity contribution in [1.82, 2.24) is 0 Å². The lowest BCUT2D eigenvalue weighted by Gasteiger charge is -2.35. The molecule has 2 aromatic carbocycles. The van der Waals surface area contributed by atoms with E-state index in [1.54, 1.807) is 7.11 Å². The van der Waals surface area contributed by atoms with Gasteiger partial charge in [0.1, 0.15) is 6.10 Å². The first-order chi connectivity index (χ1) is 12.8. The molecular formula is C21H26O4. The second-order valence-corrected chi connectivity index (χ2v) is 6.09. The summed E-state index contributed by atoms with van der Waals surface area (Å²) in [6.07, 6.45) is -0.901. The SMILES string of the molecule is [2H][C@H]1C[C@H](OCc2ccccc2)[C@@H](COCc2ccccc2)O[C@H]1OC. The molecule has 1 fully saturated rings. The van der Waals surface area contributed by atoms with E-state index in [0.717, 1.165) is 11.1 Å². The molecule has 1 aliphatic heterocycles. The molecule has 0 radical (unpaired) electrons. The lowest BCUT2D eigenvalue weighted by Crippen LogP contribution is -2.43. The van der Waals surface area contributed by atoms with Crippen LogP contribution in [0.1, 0.15) is 25.3 Å². The Kier molecular flexibility index (Phi) is 6.48. The first-order valence-corrected chi connectivity index (χ1v) is 8.64. The summed E-state index contributed by atoms with van der Waals surface area (Å²) in [5.74, 6) is 0. The zero-order valence-electron chi connectivity index (χ0n) is 15.5. The Morgan fingerprint density at radius 1 is 1.00 bits per heavy atom. The third-order valence-corrected chi connectivity index (χ3v) is 4.22. The van der Waals surface area contributed by atoms with Crippen LogP contribution in [0.5, 0.6) is 0 Å². The van der Waals surface area contributed by atoms with Crippen LogP contribution in [0.4, 0.5) is 0 Å². The monoisotopic (exact) mass is 343 g/mol. The molecule has 4 heteroatoms. The number of hydrogen-bond acceptors (Lipinski definition) is 4. The smallest absolute Gasteiger partial charge is 0.157 e. The molecule has 25 heavy (non-hydrogen) atoms. The highest BCUT2D eigenvalue weighted by molar-refractivity contribution is 5.14. The van der Waals surface area contributed by atoms with E-state index in [-0.39, 0.29) is 12.2 Å².